The smallest absolute Gasteiger partial charge is 0.255 e. The van der Waals surface area contributed by atoms with Gasteiger partial charge in [-0.2, -0.15) is 0 Å². The van der Waals surface area contributed by atoms with Crippen LogP contribution in [-0.4, -0.2) is 18.0 Å². The number of aromatic nitrogens is 1. The fraction of sp³-hybridized carbons (Fsp3) is 0.0500. The first-order chi connectivity index (χ1) is 11.7. The molecule has 0 aliphatic heterocycles. The quantitative estimate of drug-likeness (QED) is 0.581. The number of hydrogen-bond donors (Lipinski definition) is 2. The van der Waals surface area contributed by atoms with E-state index in [0.717, 1.165) is 33.2 Å². The Morgan fingerprint density at radius 2 is 1.67 bits per heavy atom. The van der Waals surface area contributed by atoms with Gasteiger partial charge in [0.15, 0.2) is 0 Å². The third-order valence-corrected chi connectivity index (χ3v) is 4.12. The number of carbonyl (C=O) groups is 1. The first kappa shape index (κ1) is 14.3. The molecule has 24 heavy (non-hydrogen) atoms. The van der Waals surface area contributed by atoms with E-state index in [1.807, 2.05) is 36.4 Å². The summed E-state index contributed by atoms with van der Waals surface area (Å²) in [6, 6.07) is 21.1. The molecule has 4 heteroatoms. The minimum Gasteiger partial charge on any atom is -0.497 e. The van der Waals surface area contributed by atoms with Gasteiger partial charge in [-0.05, 0) is 48.5 Å². The second kappa shape index (κ2) is 5.74. The standard InChI is InChI=1S/C20H16N2O2/c1-24-15-9-6-13(7-10-15)20(23)21-14-8-11-19-17(12-14)16-4-2-3-5-18(16)22-19/h2-12,22H,1H3,(H,21,23). The van der Waals surface area contributed by atoms with E-state index in [9.17, 15) is 4.79 Å². The van der Waals surface area contributed by atoms with E-state index in [0.29, 0.717) is 5.56 Å². The first-order valence-corrected chi connectivity index (χ1v) is 7.70. The number of nitrogens with one attached hydrogen (secondary N) is 2. The van der Waals surface area contributed by atoms with Gasteiger partial charge >= 0.3 is 0 Å². The zero-order valence-electron chi connectivity index (χ0n) is 13.2. The number of carbonyl (C=O) groups excluding carboxylic acids is 1. The van der Waals surface area contributed by atoms with Gasteiger partial charge in [0.05, 0.1) is 7.11 Å². The van der Waals surface area contributed by atoms with Crippen LogP contribution in [0.3, 0.4) is 0 Å². The predicted octanol–water partition coefficient (Wildman–Crippen LogP) is 4.58. The van der Waals surface area contributed by atoms with Crippen molar-refractivity contribution in [3.8, 4) is 5.75 Å². The zero-order chi connectivity index (χ0) is 16.5. The third-order valence-electron chi connectivity index (χ3n) is 4.12. The van der Waals surface area contributed by atoms with Crippen LogP contribution in [0.5, 0.6) is 5.75 Å². The van der Waals surface area contributed by atoms with E-state index in [-0.39, 0.29) is 5.91 Å². The number of aromatic amines is 1. The number of H-pyrrole nitrogens is 1. The van der Waals surface area contributed by atoms with Crippen molar-refractivity contribution in [3.63, 3.8) is 0 Å². The van der Waals surface area contributed by atoms with Crippen LogP contribution in [0.2, 0.25) is 0 Å². The van der Waals surface area contributed by atoms with Crippen molar-refractivity contribution in [1.82, 2.24) is 4.98 Å². The summed E-state index contributed by atoms with van der Waals surface area (Å²) < 4.78 is 5.11. The van der Waals surface area contributed by atoms with Crippen LogP contribution in [-0.2, 0) is 0 Å². The van der Waals surface area contributed by atoms with Crippen LogP contribution in [0, 0.1) is 0 Å². The monoisotopic (exact) mass is 316 g/mol. The maximum Gasteiger partial charge on any atom is 0.255 e. The molecule has 0 aliphatic rings. The van der Waals surface area contributed by atoms with Crippen molar-refractivity contribution in [1.29, 1.82) is 0 Å². The molecule has 0 bridgehead atoms. The lowest BCUT2D eigenvalue weighted by Crippen LogP contribution is -2.11. The number of ether oxygens (including phenoxy) is 1. The van der Waals surface area contributed by atoms with Gasteiger partial charge in [0.1, 0.15) is 5.75 Å². The summed E-state index contributed by atoms with van der Waals surface area (Å²) in [7, 11) is 1.60. The molecule has 0 saturated carbocycles. The van der Waals surface area contributed by atoms with Crippen LogP contribution in [0.4, 0.5) is 5.69 Å². The Kier molecular flexibility index (Phi) is 3.43. The Labute approximate surface area is 139 Å². The van der Waals surface area contributed by atoms with Crippen LogP contribution >= 0.6 is 0 Å². The lowest BCUT2D eigenvalue weighted by Gasteiger charge is -2.06. The maximum atomic E-state index is 12.4. The van der Waals surface area contributed by atoms with Crippen molar-refractivity contribution in [2.24, 2.45) is 0 Å². The molecule has 4 rings (SSSR count). The third kappa shape index (κ3) is 2.48. The Morgan fingerprint density at radius 3 is 2.46 bits per heavy atom. The minimum atomic E-state index is -0.142. The first-order valence-electron chi connectivity index (χ1n) is 7.70. The van der Waals surface area contributed by atoms with E-state index in [1.165, 1.54) is 0 Å². The van der Waals surface area contributed by atoms with Gasteiger partial charge in [-0.15, -0.1) is 0 Å². The van der Waals surface area contributed by atoms with Gasteiger partial charge in [-0.1, -0.05) is 18.2 Å². The predicted molar refractivity (Wildman–Crippen MR) is 96.8 cm³/mol. The van der Waals surface area contributed by atoms with E-state index in [2.05, 4.69) is 16.4 Å². The van der Waals surface area contributed by atoms with Crippen molar-refractivity contribution in [2.75, 3.05) is 12.4 Å². The highest BCUT2D eigenvalue weighted by atomic mass is 16.5. The fourth-order valence-corrected chi connectivity index (χ4v) is 2.87. The molecule has 0 radical (unpaired) electrons. The minimum absolute atomic E-state index is 0.142. The zero-order valence-corrected chi connectivity index (χ0v) is 13.2. The second-order valence-electron chi connectivity index (χ2n) is 5.61. The lowest BCUT2D eigenvalue weighted by atomic mass is 10.1. The van der Waals surface area contributed by atoms with E-state index in [4.69, 9.17) is 4.74 Å². The highest BCUT2D eigenvalue weighted by molar-refractivity contribution is 6.10. The molecular weight excluding hydrogens is 300 g/mol. The Hall–Kier alpha value is -3.27. The van der Waals surface area contributed by atoms with Crippen molar-refractivity contribution in [2.45, 2.75) is 0 Å². The Balaban J connectivity index is 1.66. The number of fused-ring (bicyclic) bond motifs is 3. The molecule has 3 aromatic carbocycles. The second-order valence-corrected chi connectivity index (χ2v) is 5.61. The molecule has 2 N–H and O–H groups in total. The number of benzene rings is 3. The SMILES string of the molecule is COc1ccc(C(=O)Nc2ccc3[nH]c4ccccc4c3c2)cc1. The summed E-state index contributed by atoms with van der Waals surface area (Å²) in [6.07, 6.45) is 0. The average Bonchev–Trinajstić information content (AvgIpc) is 3.00. The topological polar surface area (TPSA) is 54.1 Å². The Bertz CT molecular complexity index is 1030. The van der Waals surface area contributed by atoms with Crippen LogP contribution in [0.1, 0.15) is 10.4 Å². The average molecular weight is 316 g/mol. The maximum absolute atomic E-state index is 12.4. The summed E-state index contributed by atoms with van der Waals surface area (Å²) in [5.41, 5.74) is 3.51. The molecule has 0 fully saturated rings. The van der Waals surface area contributed by atoms with Gasteiger partial charge in [0, 0.05) is 33.1 Å². The highest BCUT2D eigenvalue weighted by Gasteiger charge is 2.09. The summed E-state index contributed by atoms with van der Waals surface area (Å²) in [6.45, 7) is 0. The number of methoxy groups -OCH3 is 1. The van der Waals surface area contributed by atoms with Gasteiger partial charge in [-0.25, -0.2) is 0 Å². The number of anilines is 1. The van der Waals surface area contributed by atoms with Gasteiger partial charge < -0.3 is 15.0 Å². The molecule has 4 aromatic rings. The summed E-state index contributed by atoms with van der Waals surface area (Å²) in [5, 5.41) is 5.19. The number of amides is 1. The number of para-hydroxylation sites is 1. The molecule has 0 aliphatic carbocycles. The summed E-state index contributed by atoms with van der Waals surface area (Å²) >= 11 is 0. The molecule has 0 unspecified atom stereocenters. The molecule has 118 valence electrons. The summed E-state index contributed by atoms with van der Waals surface area (Å²) in [4.78, 5) is 15.8. The van der Waals surface area contributed by atoms with E-state index in [1.54, 1.807) is 31.4 Å². The van der Waals surface area contributed by atoms with Gasteiger partial charge in [0.2, 0.25) is 0 Å². The van der Waals surface area contributed by atoms with E-state index >= 15 is 0 Å². The molecule has 1 amide bonds. The number of hydrogen-bond acceptors (Lipinski definition) is 2. The van der Waals surface area contributed by atoms with Gasteiger partial charge in [-0.3, -0.25) is 4.79 Å². The normalized spacial score (nSPS) is 10.9. The largest absolute Gasteiger partial charge is 0.497 e. The summed E-state index contributed by atoms with van der Waals surface area (Å²) in [5.74, 6) is 0.587. The lowest BCUT2D eigenvalue weighted by molar-refractivity contribution is 0.102. The van der Waals surface area contributed by atoms with Crippen molar-refractivity contribution >= 4 is 33.4 Å². The highest BCUT2D eigenvalue weighted by Crippen LogP contribution is 2.27. The molecule has 0 spiro atoms. The molecular formula is C20H16N2O2. The Morgan fingerprint density at radius 1 is 0.917 bits per heavy atom. The van der Waals surface area contributed by atoms with Crippen LogP contribution < -0.4 is 10.1 Å². The van der Waals surface area contributed by atoms with Gasteiger partial charge in [0.25, 0.3) is 5.91 Å². The molecule has 1 heterocycles. The van der Waals surface area contributed by atoms with Crippen molar-refractivity contribution < 1.29 is 9.53 Å². The molecule has 0 saturated heterocycles. The number of rotatable bonds is 3. The molecule has 4 nitrogen and oxygen atoms in total. The fourth-order valence-electron chi connectivity index (χ4n) is 2.87. The van der Waals surface area contributed by atoms with Crippen LogP contribution in [0.25, 0.3) is 21.8 Å². The molecule has 1 aromatic heterocycles. The molecule has 0 atom stereocenters. The van der Waals surface area contributed by atoms with Crippen LogP contribution in [0.15, 0.2) is 66.7 Å². The van der Waals surface area contributed by atoms with Crippen molar-refractivity contribution in [3.05, 3.63) is 72.3 Å². The van der Waals surface area contributed by atoms with E-state index < -0.39 is 0 Å².